The number of benzene rings is 2. The van der Waals surface area contributed by atoms with E-state index in [0.717, 1.165) is 10.6 Å². The summed E-state index contributed by atoms with van der Waals surface area (Å²) in [6.45, 7) is 4.52. The first kappa shape index (κ1) is 17.5. The molecule has 0 unspecified atom stereocenters. The Morgan fingerprint density at radius 1 is 1.15 bits per heavy atom. The van der Waals surface area contributed by atoms with Crippen LogP contribution in [0.5, 0.6) is 17.2 Å². The van der Waals surface area contributed by atoms with Crippen LogP contribution in [0.4, 0.5) is 0 Å². The van der Waals surface area contributed by atoms with Crippen molar-refractivity contribution in [2.24, 2.45) is 0 Å². The second-order valence-electron chi connectivity index (χ2n) is 6.59. The number of ether oxygens (including phenoxy) is 3. The normalized spacial score (nSPS) is 12.4. The molecule has 0 spiro atoms. The van der Waals surface area contributed by atoms with Crippen molar-refractivity contribution in [1.29, 1.82) is 0 Å². The van der Waals surface area contributed by atoms with E-state index in [4.69, 9.17) is 14.2 Å². The maximum atomic E-state index is 12.2. The third-order valence-corrected chi connectivity index (χ3v) is 5.22. The van der Waals surface area contributed by atoms with E-state index in [1.165, 1.54) is 16.9 Å². The maximum Gasteiger partial charge on any atom is 0.317 e. The second kappa shape index (κ2) is 7.40. The predicted octanol–water partition coefficient (Wildman–Crippen LogP) is 4.81. The lowest BCUT2D eigenvalue weighted by molar-refractivity contribution is -0.133. The van der Waals surface area contributed by atoms with Gasteiger partial charge in [-0.25, -0.2) is 4.98 Å². The first-order valence-corrected chi connectivity index (χ1v) is 9.61. The molecule has 0 atom stereocenters. The zero-order chi connectivity index (χ0) is 18.8. The van der Waals surface area contributed by atoms with E-state index >= 15 is 0 Å². The lowest BCUT2D eigenvalue weighted by Gasteiger charge is -2.05. The molecule has 6 heteroatoms. The summed E-state index contributed by atoms with van der Waals surface area (Å²) >= 11 is 1.53. The molecule has 2 heterocycles. The van der Waals surface area contributed by atoms with Gasteiger partial charge in [-0.2, -0.15) is 0 Å². The summed E-state index contributed by atoms with van der Waals surface area (Å²) in [7, 11) is 0. The Balaban J connectivity index is 1.40. The summed E-state index contributed by atoms with van der Waals surface area (Å²) in [5.74, 6) is 1.81. The summed E-state index contributed by atoms with van der Waals surface area (Å²) < 4.78 is 15.9. The van der Waals surface area contributed by atoms with Gasteiger partial charge in [0, 0.05) is 17.0 Å². The summed E-state index contributed by atoms with van der Waals surface area (Å²) in [6.07, 6.45) is 0.120. The third kappa shape index (κ3) is 3.95. The van der Waals surface area contributed by atoms with Crippen LogP contribution in [0, 0.1) is 0 Å². The van der Waals surface area contributed by atoms with Crippen LogP contribution in [0.25, 0.3) is 10.6 Å². The van der Waals surface area contributed by atoms with Crippen LogP contribution in [0.15, 0.2) is 47.8 Å². The standard InChI is InChI=1S/C21H19NO4S/c1-13(2)14-3-5-15(6-4-14)21-22-16(11-27-21)9-20(23)26-17-7-8-18-19(10-17)25-12-24-18/h3-8,10-11,13H,9,12H2,1-2H3. The van der Waals surface area contributed by atoms with Crippen molar-refractivity contribution in [3.05, 3.63) is 59.1 Å². The van der Waals surface area contributed by atoms with Crippen molar-refractivity contribution in [2.75, 3.05) is 6.79 Å². The number of hydrogen-bond acceptors (Lipinski definition) is 6. The maximum absolute atomic E-state index is 12.2. The Morgan fingerprint density at radius 3 is 2.70 bits per heavy atom. The molecule has 0 saturated heterocycles. The van der Waals surface area contributed by atoms with Crippen LogP contribution in [-0.4, -0.2) is 17.7 Å². The smallest absolute Gasteiger partial charge is 0.317 e. The molecule has 0 saturated carbocycles. The number of hydrogen-bond donors (Lipinski definition) is 0. The minimum Gasteiger partial charge on any atom is -0.454 e. The molecule has 0 N–H and O–H groups in total. The summed E-state index contributed by atoms with van der Waals surface area (Å²) in [4.78, 5) is 16.8. The Hall–Kier alpha value is -2.86. The molecule has 3 aromatic rings. The van der Waals surface area contributed by atoms with Crippen LogP contribution >= 0.6 is 11.3 Å². The first-order chi connectivity index (χ1) is 13.1. The van der Waals surface area contributed by atoms with Crippen LogP contribution in [-0.2, 0) is 11.2 Å². The van der Waals surface area contributed by atoms with Crippen molar-refractivity contribution in [3.8, 4) is 27.8 Å². The number of rotatable bonds is 5. The average Bonchev–Trinajstić information content (AvgIpc) is 3.30. The third-order valence-electron chi connectivity index (χ3n) is 4.28. The van der Waals surface area contributed by atoms with Gasteiger partial charge in [-0.3, -0.25) is 4.79 Å². The van der Waals surface area contributed by atoms with Gasteiger partial charge in [-0.1, -0.05) is 38.1 Å². The molecule has 0 bridgehead atoms. The first-order valence-electron chi connectivity index (χ1n) is 8.73. The zero-order valence-electron chi connectivity index (χ0n) is 15.1. The molecule has 1 aliphatic heterocycles. The fourth-order valence-electron chi connectivity index (χ4n) is 2.79. The van der Waals surface area contributed by atoms with Crippen molar-refractivity contribution in [2.45, 2.75) is 26.2 Å². The van der Waals surface area contributed by atoms with Gasteiger partial charge in [0.1, 0.15) is 10.8 Å². The monoisotopic (exact) mass is 381 g/mol. The van der Waals surface area contributed by atoms with Crippen LogP contribution in [0.2, 0.25) is 0 Å². The molecule has 1 aromatic heterocycles. The molecule has 0 radical (unpaired) electrons. The highest BCUT2D eigenvalue weighted by Crippen LogP contribution is 2.35. The van der Waals surface area contributed by atoms with Crippen LogP contribution < -0.4 is 14.2 Å². The molecule has 4 rings (SSSR count). The fraction of sp³-hybridized carbons (Fsp3) is 0.238. The predicted molar refractivity (Wildman–Crippen MR) is 104 cm³/mol. The van der Waals surface area contributed by atoms with Crippen LogP contribution in [0.1, 0.15) is 31.0 Å². The van der Waals surface area contributed by atoms with Gasteiger partial charge >= 0.3 is 5.97 Å². The summed E-state index contributed by atoms with van der Waals surface area (Å²) in [5.41, 5.74) is 3.05. The molecule has 5 nitrogen and oxygen atoms in total. The summed E-state index contributed by atoms with van der Waals surface area (Å²) in [5, 5.41) is 2.79. The Kier molecular flexibility index (Phi) is 4.81. The van der Waals surface area contributed by atoms with Gasteiger partial charge in [0.15, 0.2) is 11.5 Å². The number of carbonyl (C=O) groups excluding carboxylic acids is 1. The Morgan fingerprint density at radius 2 is 1.93 bits per heavy atom. The minimum absolute atomic E-state index is 0.120. The lowest BCUT2D eigenvalue weighted by Crippen LogP contribution is -2.11. The number of esters is 1. The van der Waals surface area contributed by atoms with Gasteiger partial charge in [0.25, 0.3) is 0 Å². The SMILES string of the molecule is CC(C)c1ccc(-c2nc(CC(=O)Oc3ccc4c(c3)OCO4)cs2)cc1. The highest BCUT2D eigenvalue weighted by atomic mass is 32.1. The van der Waals surface area contributed by atoms with Crippen LogP contribution in [0.3, 0.4) is 0 Å². The number of carbonyl (C=O) groups is 1. The zero-order valence-corrected chi connectivity index (χ0v) is 15.9. The van der Waals surface area contributed by atoms with E-state index in [2.05, 4.69) is 43.1 Å². The van der Waals surface area contributed by atoms with E-state index in [1.807, 2.05) is 5.38 Å². The molecule has 27 heavy (non-hydrogen) atoms. The molecule has 1 aliphatic rings. The molecule has 0 amide bonds. The van der Waals surface area contributed by atoms with Gasteiger partial charge in [-0.15, -0.1) is 11.3 Å². The van der Waals surface area contributed by atoms with Gasteiger partial charge < -0.3 is 14.2 Å². The minimum atomic E-state index is -0.360. The molecule has 2 aromatic carbocycles. The molecule has 138 valence electrons. The van der Waals surface area contributed by atoms with Crippen molar-refractivity contribution >= 4 is 17.3 Å². The van der Waals surface area contributed by atoms with Crippen molar-refractivity contribution < 1.29 is 19.0 Å². The Bertz CT molecular complexity index is 963. The largest absolute Gasteiger partial charge is 0.454 e. The number of aromatic nitrogens is 1. The number of fused-ring (bicyclic) bond motifs is 1. The van der Waals surface area contributed by atoms with Crippen molar-refractivity contribution in [3.63, 3.8) is 0 Å². The Labute approximate surface area is 161 Å². The van der Waals surface area contributed by atoms with Gasteiger partial charge in [-0.05, 0) is 23.6 Å². The molecular weight excluding hydrogens is 362 g/mol. The van der Waals surface area contributed by atoms with Gasteiger partial charge in [0.05, 0.1) is 12.1 Å². The van der Waals surface area contributed by atoms with Crippen molar-refractivity contribution in [1.82, 2.24) is 4.98 Å². The average molecular weight is 381 g/mol. The molecule has 0 fully saturated rings. The van der Waals surface area contributed by atoms with E-state index < -0.39 is 0 Å². The highest BCUT2D eigenvalue weighted by Gasteiger charge is 2.16. The number of thiazole rings is 1. The van der Waals surface area contributed by atoms with Gasteiger partial charge in [0.2, 0.25) is 6.79 Å². The van der Waals surface area contributed by atoms with E-state index in [0.29, 0.717) is 28.9 Å². The van der Waals surface area contributed by atoms with E-state index in [9.17, 15) is 4.79 Å². The van der Waals surface area contributed by atoms with E-state index in [-0.39, 0.29) is 19.2 Å². The highest BCUT2D eigenvalue weighted by molar-refractivity contribution is 7.13. The fourth-order valence-corrected chi connectivity index (χ4v) is 3.61. The summed E-state index contributed by atoms with van der Waals surface area (Å²) in [6, 6.07) is 13.5. The lowest BCUT2D eigenvalue weighted by atomic mass is 10.0. The topological polar surface area (TPSA) is 57.7 Å². The molecular formula is C21H19NO4S. The van der Waals surface area contributed by atoms with E-state index in [1.54, 1.807) is 18.2 Å². The number of nitrogens with zero attached hydrogens (tertiary/aromatic N) is 1. The quantitative estimate of drug-likeness (QED) is 0.469. The molecule has 0 aliphatic carbocycles. The second-order valence-corrected chi connectivity index (χ2v) is 7.44.